The quantitative estimate of drug-likeness (QED) is 0.0296. The van der Waals surface area contributed by atoms with Gasteiger partial charge in [-0.1, -0.05) is 122 Å². The van der Waals surface area contributed by atoms with E-state index in [1.54, 1.807) is 32.9 Å². The lowest BCUT2D eigenvalue weighted by Gasteiger charge is -2.48. The maximum atomic E-state index is 16.3. The van der Waals surface area contributed by atoms with Crippen LogP contribution in [0, 0.1) is 11.8 Å². The molecule has 0 aliphatic carbocycles. The Balaban J connectivity index is 1.00. The number of phenolic OH excluding ortho intramolecular Hbond substituents is 3. The highest BCUT2D eigenvalue weighted by Gasteiger charge is 2.53. The number of aromatic nitrogens is 3. The van der Waals surface area contributed by atoms with E-state index in [-0.39, 0.29) is 69.6 Å². The number of aromatic hydroxyl groups is 3. The van der Waals surface area contributed by atoms with Crippen LogP contribution in [-0.4, -0.2) is 187 Å². The van der Waals surface area contributed by atoms with Crippen LogP contribution in [0.4, 0.5) is 5.95 Å². The van der Waals surface area contributed by atoms with Crippen molar-refractivity contribution in [2.75, 3.05) is 17.0 Å². The van der Waals surface area contributed by atoms with Crippen molar-refractivity contribution in [1.29, 1.82) is 0 Å². The second-order valence-corrected chi connectivity index (χ2v) is 32.9. The summed E-state index contributed by atoms with van der Waals surface area (Å²) in [6.07, 6.45) is -18.5. The Morgan fingerprint density at radius 3 is 1.92 bits per heavy atom. The smallest absolute Gasteiger partial charge is 0.330 e. The Morgan fingerprint density at radius 1 is 0.689 bits per heavy atom. The van der Waals surface area contributed by atoms with Crippen molar-refractivity contribution >= 4 is 99.8 Å². The molecule has 2 fully saturated rings. The summed E-state index contributed by atoms with van der Waals surface area (Å²) in [6.45, 7) is 8.74. The molecular formula is C81H87Cl3N14O23S. The zero-order valence-electron chi connectivity index (χ0n) is 65.4. The number of nitrogens with one attached hydrogen (secondary N) is 8. The normalized spacial score (nSPS) is 26.3. The van der Waals surface area contributed by atoms with E-state index in [2.05, 4.69) is 52.8 Å². The first-order valence-electron chi connectivity index (χ1n) is 38.2. The zero-order chi connectivity index (χ0) is 87.8. The largest absolute Gasteiger partial charge is 0.508 e. The summed E-state index contributed by atoms with van der Waals surface area (Å²) >= 11 is 21.5. The molecule has 0 saturated carbocycles. The summed E-state index contributed by atoms with van der Waals surface area (Å²) in [5.41, 5.74) is 6.61. The number of amides is 7. The number of halogens is 3. The van der Waals surface area contributed by atoms with Crippen LogP contribution < -0.4 is 74.3 Å². The van der Waals surface area contributed by atoms with Gasteiger partial charge in [0.1, 0.15) is 83.4 Å². The molecule has 23 N–H and O–H groups in total. The van der Waals surface area contributed by atoms with Gasteiger partial charge in [-0.2, -0.15) is 0 Å². The van der Waals surface area contributed by atoms with Gasteiger partial charge >= 0.3 is 5.97 Å². The van der Waals surface area contributed by atoms with Crippen molar-refractivity contribution in [2.45, 2.75) is 169 Å². The van der Waals surface area contributed by atoms with Crippen LogP contribution in [0.2, 0.25) is 15.1 Å². The molecule has 2 saturated heterocycles. The van der Waals surface area contributed by atoms with E-state index in [9.17, 15) is 65.1 Å². The molecule has 41 heteroatoms. The third-order valence-corrected chi connectivity index (χ3v) is 23.3. The number of carbonyl (C=O) groups is 8. The number of thioether (sulfide) groups is 1. The maximum Gasteiger partial charge on any atom is 0.330 e. The molecule has 37 nitrogen and oxygen atoms in total. The number of nitrogens with two attached hydrogens (primary N) is 3. The predicted molar refractivity (Wildman–Crippen MR) is 437 cm³/mol. The number of hydrogen-bond donors (Lipinski definition) is 20. The molecule has 8 aromatic rings. The van der Waals surface area contributed by atoms with Crippen LogP contribution in [0.25, 0.3) is 22.3 Å². The standard InChI is InChI=1S/C81H87Cl3N14O23S/c1-32(2)20-33(3)71(108)93-62-64(103)39-13-18-51(46(83)22-39)117-53-24-41-25-54(68(53)121-78-69(67(106)66(105)55(119-78)31-122-80-97-96-79(95-86)98(80)87)120-57-29-81(5,70(107)34(4)116-57)88-30-35-6-8-36(9-7-35)37-10-15-42(82)16-11-37)118-52-19-14-40(23-47(52)84)65(104)63-76(113)92-61(77(114)115)45-26-43(99)27-50(101)58(45)44-21-38(12-17-49(44)100)59(73(110)94-63)91-74(111)60(41)90-72(109)48(28-56(85)102)89-75(62)112/h6-19,21-27,32-34,48,55,57,59-67,69-70,78,88,99-101,103-107H,20,28-31,86-87H2,1-5H3,(H2,85,102)(H,89,112)(H,90,109)(H,91,111)(H,92,113)(H,93,108)(H,94,110)(H,95,96)(H,114,115)/t33-,34?,48-,55?,57?,59?,60+,61+,62+,63-,64+,65+,66?,67?,69?,70?,78?,81?/m0/s1. The van der Waals surface area contributed by atoms with Gasteiger partial charge < -0.3 is 123 Å². The molecule has 0 spiro atoms. The highest BCUT2D eigenvalue weighted by Crippen LogP contribution is 2.50. The summed E-state index contributed by atoms with van der Waals surface area (Å²) < 4.78 is 41.5. The van der Waals surface area contributed by atoms with Crippen LogP contribution in [0.3, 0.4) is 0 Å². The maximum absolute atomic E-state index is 16.3. The summed E-state index contributed by atoms with van der Waals surface area (Å²) in [6, 6.07) is 15.4. The molecule has 122 heavy (non-hydrogen) atoms. The first kappa shape index (κ1) is 88.4. The Labute approximate surface area is 714 Å². The van der Waals surface area contributed by atoms with Crippen LogP contribution in [0.5, 0.6) is 46.0 Å². The van der Waals surface area contributed by atoms with Crippen molar-refractivity contribution in [2.24, 2.45) is 23.4 Å². The minimum absolute atomic E-state index is 0.00862. The van der Waals surface area contributed by atoms with Crippen molar-refractivity contribution < 1.29 is 113 Å². The lowest BCUT2D eigenvalue weighted by molar-refractivity contribution is -0.330. The van der Waals surface area contributed by atoms with Crippen molar-refractivity contribution in [3.05, 3.63) is 176 Å². The average molecular weight is 1760 g/mol. The Kier molecular flexibility index (Phi) is 26.7. The topological polar surface area (TPSA) is 579 Å². The van der Waals surface area contributed by atoms with E-state index >= 15 is 19.2 Å². The number of carboxylic acids is 1. The molecule has 1 aromatic heterocycles. The second kappa shape index (κ2) is 36.8. The number of hydrogen-bond acceptors (Lipinski definition) is 29. The minimum atomic E-state index is -2.38. The van der Waals surface area contributed by atoms with Crippen LogP contribution in [-0.2, 0) is 59.1 Å². The van der Waals surface area contributed by atoms with E-state index in [0.29, 0.717) is 5.02 Å². The number of nitrogen functional groups attached to an aromatic ring is 2. The highest BCUT2D eigenvalue weighted by atomic mass is 35.5. The third-order valence-electron chi connectivity index (χ3n) is 21.5. The Morgan fingerprint density at radius 2 is 1.30 bits per heavy atom. The van der Waals surface area contributed by atoms with E-state index in [0.717, 1.165) is 99.9 Å². The highest BCUT2D eigenvalue weighted by molar-refractivity contribution is 7.99. The molecule has 8 heterocycles. The number of hydrazine groups is 1. The molecule has 7 aromatic carbocycles. The fourth-order valence-electron chi connectivity index (χ4n) is 15.0. The number of aliphatic carboxylic acids is 1. The van der Waals surface area contributed by atoms with Gasteiger partial charge in [0.05, 0.1) is 34.8 Å². The Bertz CT molecular complexity index is 5350. The molecular weight excluding hydrogens is 1680 g/mol. The molecule has 11 bridgehead atoms. The molecule has 646 valence electrons. The summed E-state index contributed by atoms with van der Waals surface area (Å²) in [5, 5.41) is 133. The fourth-order valence-corrected chi connectivity index (χ4v) is 16.5. The summed E-state index contributed by atoms with van der Waals surface area (Å²) in [7, 11) is 0. The molecule has 10 unspecified atom stereocenters. The molecule has 7 aliphatic rings. The molecule has 18 atom stereocenters. The fraction of sp³-hybridized carbons (Fsp3) is 0.358. The number of rotatable bonds is 19. The Hall–Kier alpha value is -11.3. The van der Waals surface area contributed by atoms with Gasteiger partial charge in [-0.25, -0.2) is 15.3 Å². The number of ether oxygens (including phenoxy) is 6. The molecule has 0 radical (unpaired) electrons. The van der Waals surface area contributed by atoms with Crippen molar-refractivity contribution in [1.82, 2.24) is 52.1 Å². The first-order chi connectivity index (χ1) is 57.9. The van der Waals surface area contributed by atoms with E-state index in [4.69, 9.17) is 80.6 Å². The SMILES string of the molecule is CC(C)C[C@H](C)C(=O)N[C@H]1C(=O)N[C@@H](CC(N)=O)C(=O)N[C@H]2C(=O)NC3C(=O)N[C@H](C(=O)N[C@@H](C(=O)O)c4cc(O)cc(O)c4-c4cc3ccc4O)[C@H](O)c3ccc(c(Cl)c3)Oc3cc2cc(c3OC2OC(CSc3nnc(NN)n3N)C(O)C(O)C2OC2CC(C)(NCc3ccc(-c4ccc(Cl)cc4)cc3)C(O)C(C)O2)Oc2ccc(cc2Cl)[C@H]1O. The number of aliphatic hydroxyl groups is 5. The van der Waals surface area contributed by atoms with Crippen molar-refractivity contribution in [3.8, 4) is 68.2 Å². The van der Waals surface area contributed by atoms with Crippen LogP contribution >= 0.6 is 46.6 Å². The number of carbonyl (C=O) groups excluding carboxylic acids is 7. The number of anilines is 1. The number of carboxylic acid groups (broad SMARTS) is 1. The lowest BCUT2D eigenvalue weighted by atomic mass is 9.84. The van der Waals surface area contributed by atoms with Gasteiger partial charge in [0.2, 0.25) is 58.5 Å². The van der Waals surface area contributed by atoms with Gasteiger partial charge in [0.25, 0.3) is 5.95 Å². The van der Waals surface area contributed by atoms with Crippen LogP contribution in [0.15, 0.2) is 133 Å². The number of phenols is 3. The van der Waals surface area contributed by atoms with Gasteiger partial charge in [0, 0.05) is 58.0 Å². The molecule has 15 rings (SSSR count). The third kappa shape index (κ3) is 19.1. The number of nitrogens with zero attached hydrogens (tertiary/aromatic N) is 3. The number of fused-ring (bicyclic) bond motifs is 15. The minimum Gasteiger partial charge on any atom is -0.508 e. The monoisotopic (exact) mass is 1760 g/mol. The van der Waals surface area contributed by atoms with Gasteiger partial charge in [-0.05, 0) is 132 Å². The second-order valence-electron chi connectivity index (χ2n) is 30.7. The summed E-state index contributed by atoms with van der Waals surface area (Å²) in [4.78, 5) is 118. The number of primary amides is 1. The van der Waals surface area contributed by atoms with Crippen molar-refractivity contribution in [3.63, 3.8) is 0 Å². The zero-order valence-corrected chi connectivity index (χ0v) is 68.5. The van der Waals surface area contributed by atoms with E-state index in [1.807, 2.05) is 50.2 Å². The van der Waals surface area contributed by atoms with Gasteiger partial charge in [-0.3, -0.25) is 39.0 Å². The predicted octanol–water partition coefficient (Wildman–Crippen LogP) is 4.70. The molecule has 7 aliphatic heterocycles. The molecule has 7 amide bonds. The van der Waals surface area contributed by atoms with E-state index < -0.39 is 230 Å². The summed E-state index contributed by atoms with van der Waals surface area (Å²) in [5.74, 6) is -5.22. The first-order valence-corrected chi connectivity index (χ1v) is 40.3. The van der Waals surface area contributed by atoms with E-state index in [1.165, 1.54) is 12.1 Å². The van der Waals surface area contributed by atoms with Crippen LogP contribution in [0.1, 0.15) is 118 Å². The lowest BCUT2D eigenvalue weighted by Crippen LogP contribution is -2.65. The van der Waals surface area contributed by atoms with Gasteiger partial charge in [0.15, 0.2) is 29.9 Å². The van der Waals surface area contributed by atoms with Gasteiger partial charge in [-0.15, -0.1) is 10.2 Å². The average Bonchev–Trinajstić information content (AvgIpc) is 0.850. The number of aliphatic hydroxyl groups excluding tert-OH is 5. The number of benzene rings is 7.